The van der Waals surface area contributed by atoms with Gasteiger partial charge in [0.25, 0.3) is 0 Å². The quantitative estimate of drug-likeness (QED) is 0.840. The first kappa shape index (κ1) is 15.6. The van der Waals surface area contributed by atoms with Gasteiger partial charge in [-0.3, -0.25) is 0 Å². The number of hydrogen-bond donors (Lipinski definition) is 1. The molecule has 1 aromatic carbocycles. The molecule has 0 spiro atoms. The van der Waals surface area contributed by atoms with Gasteiger partial charge < -0.3 is 14.6 Å². The first-order valence-corrected chi connectivity index (χ1v) is 7.27. The second-order valence-corrected chi connectivity index (χ2v) is 5.79. The van der Waals surface area contributed by atoms with Crippen molar-refractivity contribution >= 4 is 5.69 Å². The van der Waals surface area contributed by atoms with Gasteiger partial charge in [-0.05, 0) is 42.3 Å². The zero-order valence-corrected chi connectivity index (χ0v) is 12.9. The van der Waals surface area contributed by atoms with E-state index >= 15 is 0 Å². The van der Waals surface area contributed by atoms with Crippen LogP contribution in [0.2, 0.25) is 0 Å². The van der Waals surface area contributed by atoms with E-state index in [0.717, 1.165) is 29.9 Å². The molecule has 0 saturated carbocycles. The normalized spacial score (nSPS) is 11.1. The van der Waals surface area contributed by atoms with Crippen LogP contribution in [0.3, 0.4) is 0 Å². The van der Waals surface area contributed by atoms with E-state index in [1.807, 2.05) is 19.2 Å². The van der Waals surface area contributed by atoms with E-state index in [0.29, 0.717) is 12.5 Å². The largest absolute Gasteiger partial charge is 0.472 e. The molecule has 0 radical (unpaired) electrons. The summed E-state index contributed by atoms with van der Waals surface area (Å²) in [5.74, 6) is 0.377. The van der Waals surface area contributed by atoms with Gasteiger partial charge in [-0.2, -0.15) is 0 Å². The van der Waals surface area contributed by atoms with Gasteiger partial charge in [-0.1, -0.05) is 13.8 Å². The summed E-state index contributed by atoms with van der Waals surface area (Å²) in [5.41, 5.74) is 3.11. The maximum Gasteiger partial charge on any atom is 0.123 e. The number of hydrogen-bond acceptors (Lipinski definition) is 3. The maximum absolute atomic E-state index is 13.5. The van der Waals surface area contributed by atoms with Crippen molar-refractivity contribution in [2.45, 2.75) is 26.9 Å². The highest BCUT2D eigenvalue weighted by Gasteiger charge is 2.10. The van der Waals surface area contributed by atoms with Crippen LogP contribution in [0, 0.1) is 11.7 Å². The fourth-order valence-corrected chi connectivity index (χ4v) is 2.31. The van der Waals surface area contributed by atoms with E-state index in [4.69, 9.17) is 4.42 Å². The summed E-state index contributed by atoms with van der Waals surface area (Å²) < 4.78 is 18.6. The molecular formula is C17H23FN2O. The first-order chi connectivity index (χ1) is 10.1. The van der Waals surface area contributed by atoms with Crippen LogP contribution in [-0.2, 0) is 13.1 Å². The molecule has 0 aliphatic heterocycles. The summed E-state index contributed by atoms with van der Waals surface area (Å²) in [5, 5.41) is 3.37. The molecule has 0 fully saturated rings. The van der Waals surface area contributed by atoms with Crippen LogP contribution in [-0.4, -0.2) is 13.6 Å². The second kappa shape index (κ2) is 7.27. The summed E-state index contributed by atoms with van der Waals surface area (Å²) >= 11 is 0. The second-order valence-electron chi connectivity index (χ2n) is 5.79. The Kier molecular flexibility index (Phi) is 5.39. The van der Waals surface area contributed by atoms with Gasteiger partial charge in [0.1, 0.15) is 5.82 Å². The Hall–Kier alpha value is -1.81. The average Bonchev–Trinajstić information content (AvgIpc) is 2.91. The number of rotatable bonds is 7. The first-order valence-electron chi connectivity index (χ1n) is 7.27. The highest BCUT2D eigenvalue weighted by molar-refractivity contribution is 5.53. The third kappa shape index (κ3) is 4.60. The number of benzene rings is 1. The summed E-state index contributed by atoms with van der Waals surface area (Å²) in [6.07, 6.45) is 3.40. The number of nitrogens with one attached hydrogen (secondary N) is 1. The van der Waals surface area contributed by atoms with Crippen LogP contribution in [0.4, 0.5) is 10.1 Å². The predicted octanol–water partition coefficient (Wildman–Crippen LogP) is 3.80. The Morgan fingerprint density at radius 2 is 2.10 bits per heavy atom. The van der Waals surface area contributed by atoms with Crippen molar-refractivity contribution in [3.8, 4) is 0 Å². The summed E-state index contributed by atoms with van der Waals surface area (Å²) in [6.45, 7) is 6.64. The zero-order valence-electron chi connectivity index (χ0n) is 12.9. The van der Waals surface area contributed by atoms with Crippen molar-refractivity contribution in [1.82, 2.24) is 5.32 Å². The smallest absolute Gasteiger partial charge is 0.123 e. The van der Waals surface area contributed by atoms with Crippen molar-refractivity contribution < 1.29 is 8.81 Å². The monoisotopic (exact) mass is 290 g/mol. The minimum absolute atomic E-state index is 0.197. The molecular weight excluding hydrogens is 267 g/mol. The van der Waals surface area contributed by atoms with Crippen LogP contribution in [0.15, 0.2) is 41.2 Å². The Morgan fingerprint density at radius 3 is 2.76 bits per heavy atom. The lowest BCUT2D eigenvalue weighted by Gasteiger charge is -2.22. The molecule has 2 aromatic rings. The van der Waals surface area contributed by atoms with Gasteiger partial charge in [-0.15, -0.1) is 0 Å². The van der Waals surface area contributed by atoms with Crippen LogP contribution in [0.1, 0.15) is 25.0 Å². The molecule has 2 rings (SSSR count). The Balaban J connectivity index is 2.09. The fourth-order valence-electron chi connectivity index (χ4n) is 2.31. The number of anilines is 1. The Morgan fingerprint density at radius 1 is 1.29 bits per heavy atom. The third-order valence-electron chi connectivity index (χ3n) is 3.32. The molecule has 1 heterocycles. The van der Waals surface area contributed by atoms with Crippen LogP contribution in [0.25, 0.3) is 0 Å². The summed E-state index contributed by atoms with van der Waals surface area (Å²) in [6, 6.07) is 6.89. The van der Waals surface area contributed by atoms with Crippen LogP contribution >= 0.6 is 0 Å². The summed E-state index contributed by atoms with van der Waals surface area (Å²) in [4.78, 5) is 2.11. The Labute approximate surface area is 125 Å². The molecule has 1 aromatic heterocycles. The van der Waals surface area contributed by atoms with Crippen molar-refractivity contribution in [1.29, 1.82) is 0 Å². The third-order valence-corrected chi connectivity index (χ3v) is 3.32. The van der Waals surface area contributed by atoms with E-state index in [1.54, 1.807) is 18.6 Å². The van der Waals surface area contributed by atoms with Gasteiger partial charge in [0.05, 0.1) is 12.5 Å². The van der Waals surface area contributed by atoms with E-state index < -0.39 is 0 Å². The van der Waals surface area contributed by atoms with Crippen LogP contribution < -0.4 is 10.2 Å². The predicted molar refractivity (Wildman–Crippen MR) is 83.8 cm³/mol. The topological polar surface area (TPSA) is 28.4 Å². The average molecular weight is 290 g/mol. The highest BCUT2D eigenvalue weighted by atomic mass is 19.1. The lowest BCUT2D eigenvalue weighted by molar-refractivity contribution is 0.549. The molecule has 0 unspecified atom stereocenters. The van der Waals surface area contributed by atoms with Crippen LogP contribution in [0.5, 0.6) is 0 Å². The fraction of sp³-hybridized carbons (Fsp3) is 0.412. The number of nitrogens with zero attached hydrogens (tertiary/aromatic N) is 1. The molecule has 0 atom stereocenters. The Bertz CT molecular complexity index is 552. The van der Waals surface area contributed by atoms with Crippen molar-refractivity contribution in [2.75, 3.05) is 18.5 Å². The van der Waals surface area contributed by atoms with E-state index in [9.17, 15) is 4.39 Å². The standard InChI is InChI=1S/C17H23FN2O/c1-13(2)9-19-10-15-8-16(18)4-5-17(15)20(3)11-14-6-7-21-12-14/h4-8,12-13,19H,9-11H2,1-3H3. The van der Waals surface area contributed by atoms with E-state index in [2.05, 4.69) is 24.1 Å². The molecule has 1 N–H and O–H groups in total. The SMILES string of the molecule is CC(C)CNCc1cc(F)ccc1N(C)Cc1ccoc1. The van der Waals surface area contributed by atoms with Gasteiger partial charge >= 0.3 is 0 Å². The molecule has 0 aliphatic rings. The summed E-state index contributed by atoms with van der Waals surface area (Å²) in [7, 11) is 2.01. The van der Waals surface area contributed by atoms with Gasteiger partial charge in [0, 0.05) is 31.4 Å². The molecule has 3 nitrogen and oxygen atoms in total. The molecule has 0 saturated heterocycles. The lowest BCUT2D eigenvalue weighted by Crippen LogP contribution is -2.23. The van der Waals surface area contributed by atoms with Gasteiger partial charge in [0.2, 0.25) is 0 Å². The minimum Gasteiger partial charge on any atom is -0.472 e. The molecule has 114 valence electrons. The van der Waals surface area contributed by atoms with Crippen molar-refractivity contribution in [2.24, 2.45) is 5.92 Å². The molecule has 0 bridgehead atoms. The molecule has 21 heavy (non-hydrogen) atoms. The zero-order chi connectivity index (χ0) is 15.2. The van der Waals surface area contributed by atoms with E-state index in [-0.39, 0.29) is 5.82 Å². The number of halogens is 1. The molecule has 0 amide bonds. The van der Waals surface area contributed by atoms with Crippen molar-refractivity contribution in [3.63, 3.8) is 0 Å². The van der Waals surface area contributed by atoms with E-state index in [1.165, 1.54) is 6.07 Å². The number of furan rings is 1. The minimum atomic E-state index is -0.197. The van der Waals surface area contributed by atoms with Gasteiger partial charge in [-0.25, -0.2) is 4.39 Å². The maximum atomic E-state index is 13.5. The van der Waals surface area contributed by atoms with Gasteiger partial charge in [0.15, 0.2) is 0 Å². The molecule has 4 heteroatoms. The highest BCUT2D eigenvalue weighted by Crippen LogP contribution is 2.22. The van der Waals surface area contributed by atoms with Crippen molar-refractivity contribution in [3.05, 3.63) is 53.7 Å². The lowest BCUT2D eigenvalue weighted by atomic mass is 10.1. The molecule has 0 aliphatic carbocycles.